The van der Waals surface area contributed by atoms with Crippen molar-refractivity contribution < 1.29 is 19.1 Å². The van der Waals surface area contributed by atoms with Crippen LogP contribution in [0.25, 0.3) is 11.1 Å². The Morgan fingerprint density at radius 1 is 0.915 bits per heavy atom. The molecule has 4 bridgehead atoms. The number of hydrogen-bond donors (Lipinski definition) is 1. The van der Waals surface area contributed by atoms with Gasteiger partial charge in [-0.15, -0.1) is 10.2 Å². The van der Waals surface area contributed by atoms with Crippen LogP contribution in [0.3, 0.4) is 0 Å². The van der Waals surface area contributed by atoms with Crippen LogP contribution in [-0.2, 0) is 22.1 Å². The molecule has 5 aromatic rings. The van der Waals surface area contributed by atoms with E-state index in [4.69, 9.17) is 30.8 Å². The number of hydrogen-bond acceptors (Lipinski definition) is 8. The summed E-state index contributed by atoms with van der Waals surface area (Å²) < 4.78 is 16.5. The second kappa shape index (κ2) is 15.2. The Morgan fingerprint density at radius 3 is 2.24 bits per heavy atom. The third-order valence-corrected chi connectivity index (χ3v) is 19.3. The van der Waals surface area contributed by atoms with E-state index in [-0.39, 0.29) is 21.7 Å². The van der Waals surface area contributed by atoms with Gasteiger partial charge in [0.05, 0.1) is 25.0 Å². The van der Waals surface area contributed by atoms with E-state index in [0.29, 0.717) is 53.9 Å². The molecule has 308 valence electrons. The molecule has 3 aromatic heterocycles. The number of fused-ring (bicyclic) bond motifs is 1. The third kappa shape index (κ3) is 7.11. The van der Waals surface area contributed by atoms with Crippen molar-refractivity contribution in [2.75, 3.05) is 24.7 Å². The largest absolute Gasteiger partial charge is 0.476 e. The van der Waals surface area contributed by atoms with E-state index in [0.717, 1.165) is 61.0 Å². The van der Waals surface area contributed by atoms with Crippen molar-refractivity contribution in [2.24, 2.45) is 17.3 Å². The Bertz CT molecular complexity index is 2310. The van der Waals surface area contributed by atoms with Crippen LogP contribution in [0.2, 0.25) is 10.2 Å². The van der Waals surface area contributed by atoms with E-state index in [1.165, 1.54) is 29.6 Å². The van der Waals surface area contributed by atoms with Gasteiger partial charge >= 0.3 is 5.97 Å². The van der Waals surface area contributed by atoms with Crippen molar-refractivity contribution in [3.05, 3.63) is 107 Å². The number of benzene rings is 2. The minimum atomic E-state index is -2.66. The van der Waals surface area contributed by atoms with Gasteiger partial charge in [0.2, 0.25) is 0 Å². The van der Waals surface area contributed by atoms with Gasteiger partial charge in [-0.1, -0.05) is 93.0 Å². The van der Waals surface area contributed by atoms with E-state index in [1.807, 2.05) is 30.2 Å². The first kappa shape index (κ1) is 40.0. The lowest BCUT2D eigenvalue weighted by atomic mass is 9.48. The molecule has 10 rings (SSSR count). The topological polar surface area (TPSA) is 115 Å². The van der Waals surface area contributed by atoms with Gasteiger partial charge < -0.3 is 19.2 Å². The van der Waals surface area contributed by atoms with Crippen LogP contribution in [0.1, 0.15) is 93.0 Å². The van der Waals surface area contributed by atoms with Crippen molar-refractivity contribution in [1.29, 1.82) is 0 Å². The monoisotopic (exact) mass is 830 g/mol. The number of halogens is 1. The summed E-state index contributed by atoms with van der Waals surface area (Å²) in [6.45, 7) is 13.5. The molecule has 59 heavy (non-hydrogen) atoms. The molecule has 4 aliphatic carbocycles. The fraction of sp³-hybridized carbons (Fsp3) is 0.468. The molecule has 1 N–H and O–H groups in total. The van der Waals surface area contributed by atoms with Gasteiger partial charge in [-0.3, -0.25) is 4.68 Å². The Balaban J connectivity index is 0.937. The molecular formula is C47H55ClN6O4Si. The highest BCUT2D eigenvalue weighted by atomic mass is 35.5. The number of pyridine rings is 1. The maximum atomic E-state index is 12.8. The summed E-state index contributed by atoms with van der Waals surface area (Å²) in [6.07, 6.45) is 10.4. The zero-order valence-electron chi connectivity index (χ0n) is 34.9. The summed E-state index contributed by atoms with van der Waals surface area (Å²) in [5.41, 5.74) is 4.13. The fourth-order valence-corrected chi connectivity index (χ4v) is 16.6. The number of nitrogens with zero attached hydrogens (tertiary/aromatic N) is 6. The zero-order chi connectivity index (χ0) is 41.2. The predicted molar refractivity (Wildman–Crippen MR) is 234 cm³/mol. The van der Waals surface area contributed by atoms with Crippen LogP contribution in [-0.4, -0.2) is 69.7 Å². The average molecular weight is 832 g/mol. The van der Waals surface area contributed by atoms with Crippen molar-refractivity contribution in [3.63, 3.8) is 0 Å². The maximum Gasteiger partial charge on any atom is 0.355 e. The molecule has 2 unspecified atom stereocenters. The van der Waals surface area contributed by atoms with E-state index in [1.54, 1.807) is 0 Å². The van der Waals surface area contributed by atoms with Crippen LogP contribution >= 0.6 is 11.6 Å². The summed E-state index contributed by atoms with van der Waals surface area (Å²) in [7, 11) is -2.66. The predicted octanol–water partition coefficient (Wildman–Crippen LogP) is 8.72. The minimum absolute atomic E-state index is 0.00151. The summed E-state index contributed by atoms with van der Waals surface area (Å²) in [4.78, 5) is 19.5. The normalized spacial score (nSPS) is 23.7. The lowest BCUT2D eigenvalue weighted by molar-refractivity contribution is -0.199. The highest BCUT2D eigenvalue weighted by molar-refractivity contribution is 6.99. The minimum Gasteiger partial charge on any atom is -0.476 e. The molecule has 4 saturated carbocycles. The highest BCUT2D eigenvalue weighted by Crippen LogP contribution is 2.63. The lowest BCUT2D eigenvalue weighted by Crippen LogP contribution is -2.67. The molecule has 0 amide bonds. The smallest absolute Gasteiger partial charge is 0.355 e. The molecular weight excluding hydrogens is 776 g/mol. The highest BCUT2D eigenvalue weighted by Gasteiger charge is 2.59. The number of carboxylic acids is 1. The fourth-order valence-electron chi connectivity index (χ4n) is 11.9. The number of ether oxygens (including phenoxy) is 1. The maximum absolute atomic E-state index is 12.8. The molecule has 2 aromatic carbocycles. The van der Waals surface area contributed by atoms with Gasteiger partial charge in [0.25, 0.3) is 8.32 Å². The Morgan fingerprint density at radius 2 is 1.59 bits per heavy atom. The van der Waals surface area contributed by atoms with Crippen LogP contribution in [0.5, 0.6) is 0 Å². The summed E-state index contributed by atoms with van der Waals surface area (Å²) in [5.74, 6) is 1.39. The van der Waals surface area contributed by atoms with Gasteiger partial charge in [0.1, 0.15) is 5.82 Å². The number of rotatable bonds is 12. The molecule has 4 heterocycles. The average Bonchev–Trinajstić information content (AvgIpc) is 3.56. The molecule has 5 aliphatic rings. The Kier molecular flexibility index (Phi) is 10.3. The quantitative estimate of drug-likeness (QED) is 0.0974. The van der Waals surface area contributed by atoms with Crippen LogP contribution < -0.4 is 15.3 Å². The van der Waals surface area contributed by atoms with Gasteiger partial charge in [-0.25, -0.2) is 9.78 Å². The first-order chi connectivity index (χ1) is 28.3. The summed E-state index contributed by atoms with van der Waals surface area (Å²) in [5, 5.41) is 26.8. The van der Waals surface area contributed by atoms with Crippen molar-refractivity contribution in [2.45, 2.75) is 103 Å². The van der Waals surface area contributed by atoms with E-state index in [2.05, 4.69) is 103 Å². The first-order valence-electron chi connectivity index (χ1n) is 21.3. The standard InChI is InChI=1S/C47H55ClN6O4Si/c1-31-37-17-12-20-53(43(37)52-51-42(31)48)40-19-18-38(41(50-40)44(55)56)39-28-49-54(32(39)2)30-46-24-33-23-34(25-46)27-47(26-33,29-46)57-21-22-58-59(45(3,4)5,35-13-8-6-9-14-35)36-15-10-7-11-16-36/h6-11,13-16,18-19,28,33-34H,12,17,20-27,29-30H2,1-5H3,(H,55,56). The number of aromatic nitrogens is 5. The Labute approximate surface area is 353 Å². The summed E-state index contributed by atoms with van der Waals surface area (Å²) in [6, 6.07) is 25.4. The molecule has 1 aliphatic heterocycles. The Hall–Kier alpha value is -4.42. The molecule has 4 fully saturated rings. The number of anilines is 2. The van der Waals surface area contributed by atoms with E-state index < -0.39 is 14.3 Å². The van der Waals surface area contributed by atoms with E-state index in [9.17, 15) is 9.90 Å². The van der Waals surface area contributed by atoms with Gasteiger partial charge in [0.15, 0.2) is 16.7 Å². The van der Waals surface area contributed by atoms with E-state index >= 15 is 0 Å². The van der Waals surface area contributed by atoms with Crippen LogP contribution in [0.4, 0.5) is 11.6 Å². The van der Waals surface area contributed by atoms with Crippen molar-refractivity contribution in [3.8, 4) is 11.1 Å². The second-order valence-corrected chi connectivity index (χ2v) is 23.5. The van der Waals surface area contributed by atoms with Crippen LogP contribution in [0.15, 0.2) is 79.0 Å². The number of aromatic carboxylic acids is 1. The molecule has 10 nitrogen and oxygen atoms in total. The van der Waals surface area contributed by atoms with Crippen molar-refractivity contribution >= 4 is 47.9 Å². The van der Waals surface area contributed by atoms with Gasteiger partial charge in [-0.05, 0) is 116 Å². The molecule has 0 saturated heterocycles. The third-order valence-electron chi connectivity index (χ3n) is 13.9. The lowest BCUT2D eigenvalue weighted by Gasteiger charge is -2.61. The van der Waals surface area contributed by atoms with Gasteiger partial charge in [0, 0.05) is 35.5 Å². The molecule has 2 atom stereocenters. The van der Waals surface area contributed by atoms with Gasteiger partial charge in [-0.2, -0.15) is 5.10 Å². The molecule has 0 radical (unpaired) electrons. The number of carbonyl (C=O) groups is 1. The SMILES string of the molecule is Cc1c(Cl)nnc2c1CCCN2c1ccc(-c2cnn(CC34CC5CC(C3)CC(OCCO[Si](c3ccccc3)(c3ccccc3)C(C)(C)C)(C5)C4)c2C)c(C(=O)O)n1. The number of carboxylic acid groups (broad SMARTS) is 1. The first-order valence-corrected chi connectivity index (χ1v) is 23.5. The molecule has 0 spiro atoms. The van der Waals surface area contributed by atoms with Crippen molar-refractivity contribution in [1.82, 2.24) is 25.0 Å². The summed E-state index contributed by atoms with van der Waals surface area (Å²) >= 11 is 6.30. The molecule has 12 heteroatoms. The second-order valence-electron chi connectivity index (χ2n) is 18.8. The zero-order valence-corrected chi connectivity index (χ0v) is 36.6. The van der Waals surface area contributed by atoms with Crippen LogP contribution in [0, 0.1) is 31.1 Å².